The van der Waals surface area contributed by atoms with Crippen molar-refractivity contribution >= 4 is 11.6 Å². The fourth-order valence-corrected chi connectivity index (χ4v) is 1.93. The maximum absolute atomic E-state index is 6.20. The number of halogens is 1. The van der Waals surface area contributed by atoms with Gasteiger partial charge in [-0.1, -0.05) is 25.4 Å². The summed E-state index contributed by atoms with van der Waals surface area (Å²) in [4.78, 5) is 0. The van der Waals surface area contributed by atoms with Crippen molar-refractivity contribution in [3.05, 3.63) is 28.3 Å². The van der Waals surface area contributed by atoms with Gasteiger partial charge in [-0.3, -0.25) is 0 Å². The summed E-state index contributed by atoms with van der Waals surface area (Å²) in [5.41, 5.74) is 7.83. The van der Waals surface area contributed by atoms with Gasteiger partial charge >= 0.3 is 0 Å². The van der Waals surface area contributed by atoms with E-state index >= 15 is 0 Å². The minimum absolute atomic E-state index is 0.356. The van der Waals surface area contributed by atoms with E-state index in [1.807, 2.05) is 19.9 Å². The molecule has 0 amide bonds. The average molecular weight is 242 g/mol. The second kappa shape index (κ2) is 4.64. The third-order valence-corrected chi connectivity index (χ3v) is 2.92. The Morgan fingerprint density at radius 1 is 1.31 bits per heavy atom. The standard InChI is InChI=1S/C13H20ClNO/c1-8(2)10-6-9(13(3,4)15)7-11(14)12(10)16-5/h6-8H,15H2,1-5H3. The molecule has 0 spiro atoms. The molecule has 1 aromatic rings. The summed E-state index contributed by atoms with van der Waals surface area (Å²) in [7, 11) is 1.64. The van der Waals surface area contributed by atoms with Gasteiger partial charge in [-0.2, -0.15) is 0 Å². The van der Waals surface area contributed by atoms with E-state index in [4.69, 9.17) is 22.1 Å². The van der Waals surface area contributed by atoms with Crippen LogP contribution in [-0.4, -0.2) is 7.11 Å². The third-order valence-electron chi connectivity index (χ3n) is 2.64. The van der Waals surface area contributed by atoms with Gasteiger partial charge in [0.25, 0.3) is 0 Å². The summed E-state index contributed by atoms with van der Waals surface area (Å²) in [6.45, 7) is 8.16. The van der Waals surface area contributed by atoms with Crippen molar-refractivity contribution in [2.45, 2.75) is 39.2 Å². The molecule has 0 aliphatic carbocycles. The molecule has 0 aromatic heterocycles. The predicted octanol–water partition coefficient (Wildman–Crippen LogP) is 3.67. The van der Waals surface area contributed by atoms with Gasteiger partial charge in [-0.15, -0.1) is 0 Å². The van der Waals surface area contributed by atoms with Crippen LogP contribution in [0.25, 0.3) is 0 Å². The molecule has 0 aliphatic rings. The van der Waals surface area contributed by atoms with E-state index in [9.17, 15) is 0 Å². The monoisotopic (exact) mass is 241 g/mol. The molecule has 0 aliphatic heterocycles. The first-order valence-electron chi connectivity index (χ1n) is 5.44. The van der Waals surface area contributed by atoms with Gasteiger partial charge in [-0.05, 0) is 43.0 Å². The Morgan fingerprint density at radius 2 is 1.88 bits per heavy atom. The normalized spacial score (nSPS) is 12.0. The lowest BCUT2D eigenvalue weighted by atomic mass is 9.90. The first-order chi connectivity index (χ1) is 7.27. The molecule has 2 nitrogen and oxygen atoms in total. The Kier molecular flexibility index (Phi) is 3.87. The molecule has 0 unspecified atom stereocenters. The maximum Gasteiger partial charge on any atom is 0.140 e. The molecule has 16 heavy (non-hydrogen) atoms. The molecule has 0 fully saturated rings. The highest BCUT2D eigenvalue weighted by Crippen LogP contribution is 2.36. The predicted molar refractivity (Wildman–Crippen MR) is 69.3 cm³/mol. The summed E-state index contributed by atoms with van der Waals surface area (Å²) in [5.74, 6) is 1.11. The zero-order valence-corrected chi connectivity index (χ0v) is 11.4. The third kappa shape index (κ3) is 2.69. The van der Waals surface area contributed by atoms with Crippen LogP contribution in [0.1, 0.15) is 44.7 Å². The summed E-state index contributed by atoms with van der Waals surface area (Å²) in [6, 6.07) is 3.96. The molecule has 2 N–H and O–H groups in total. The second-order valence-corrected chi connectivity index (χ2v) is 5.36. The minimum Gasteiger partial charge on any atom is -0.495 e. The molecule has 0 radical (unpaired) electrons. The van der Waals surface area contributed by atoms with Crippen molar-refractivity contribution in [3.63, 3.8) is 0 Å². The molecular weight excluding hydrogens is 222 g/mol. The highest BCUT2D eigenvalue weighted by Gasteiger charge is 2.20. The number of rotatable bonds is 3. The molecule has 0 bridgehead atoms. The lowest BCUT2D eigenvalue weighted by Gasteiger charge is -2.23. The first-order valence-corrected chi connectivity index (χ1v) is 5.82. The summed E-state index contributed by atoms with van der Waals surface area (Å²) in [6.07, 6.45) is 0. The van der Waals surface area contributed by atoms with Crippen molar-refractivity contribution in [1.29, 1.82) is 0 Å². The van der Waals surface area contributed by atoms with Gasteiger partial charge in [-0.25, -0.2) is 0 Å². The van der Waals surface area contributed by atoms with Crippen molar-refractivity contribution in [2.24, 2.45) is 5.73 Å². The van der Waals surface area contributed by atoms with Gasteiger partial charge in [0, 0.05) is 5.54 Å². The highest BCUT2D eigenvalue weighted by atomic mass is 35.5. The molecule has 90 valence electrons. The van der Waals surface area contributed by atoms with Gasteiger partial charge in [0.15, 0.2) is 0 Å². The molecule has 1 rings (SSSR count). The smallest absolute Gasteiger partial charge is 0.140 e. The lowest BCUT2D eigenvalue weighted by molar-refractivity contribution is 0.407. The fraction of sp³-hybridized carbons (Fsp3) is 0.538. The topological polar surface area (TPSA) is 35.2 Å². The summed E-state index contributed by atoms with van der Waals surface area (Å²) >= 11 is 6.20. The number of ether oxygens (including phenoxy) is 1. The number of hydrogen-bond acceptors (Lipinski definition) is 2. The zero-order valence-electron chi connectivity index (χ0n) is 10.6. The minimum atomic E-state index is -0.389. The number of benzene rings is 1. The van der Waals surface area contributed by atoms with E-state index in [0.29, 0.717) is 10.9 Å². The van der Waals surface area contributed by atoms with Crippen LogP contribution in [0.4, 0.5) is 0 Å². The Labute approximate surface area is 103 Å². The Balaban J connectivity index is 3.40. The Hall–Kier alpha value is -0.730. The maximum atomic E-state index is 6.20. The molecule has 1 aromatic carbocycles. The van der Waals surface area contributed by atoms with Crippen LogP contribution < -0.4 is 10.5 Å². The lowest BCUT2D eigenvalue weighted by Crippen LogP contribution is -2.28. The van der Waals surface area contributed by atoms with Crippen LogP contribution in [0.5, 0.6) is 5.75 Å². The van der Waals surface area contributed by atoms with E-state index < -0.39 is 0 Å². The number of hydrogen-bond donors (Lipinski definition) is 1. The van der Waals surface area contributed by atoms with Crippen molar-refractivity contribution in [3.8, 4) is 5.75 Å². The quantitative estimate of drug-likeness (QED) is 0.877. The molecule has 0 saturated carbocycles. The first kappa shape index (κ1) is 13.3. The second-order valence-electron chi connectivity index (χ2n) is 4.96. The van der Waals surface area contributed by atoms with Crippen LogP contribution in [0.15, 0.2) is 12.1 Å². The van der Waals surface area contributed by atoms with Gasteiger partial charge in [0.05, 0.1) is 12.1 Å². The number of nitrogens with two attached hydrogens (primary N) is 1. The summed E-state index contributed by atoms with van der Waals surface area (Å²) < 4.78 is 5.33. The zero-order chi connectivity index (χ0) is 12.5. The molecular formula is C13H20ClNO. The molecule has 3 heteroatoms. The van der Waals surface area contributed by atoms with Crippen LogP contribution >= 0.6 is 11.6 Å². The van der Waals surface area contributed by atoms with Gasteiger partial charge in [0.2, 0.25) is 0 Å². The number of methoxy groups -OCH3 is 1. The van der Waals surface area contributed by atoms with E-state index in [2.05, 4.69) is 19.9 Å². The molecule has 0 saturated heterocycles. The van der Waals surface area contributed by atoms with E-state index in [0.717, 1.165) is 16.9 Å². The van der Waals surface area contributed by atoms with Crippen LogP contribution in [0.3, 0.4) is 0 Å². The SMILES string of the molecule is COc1c(Cl)cc(C(C)(C)N)cc1C(C)C. The largest absolute Gasteiger partial charge is 0.495 e. The summed E-state index contributed by atoms with van der Waals surface area (Å²) in [5, 5.41) is 0.627. The van der Waals surface area contributed by atoms with Crippen LogP contribution in [0, 0.1) is 0 Å². The van der Waals surface area contributed by atoms with E-state index in [1.165, 1.54) is 0 Å². The highest BCUT2D eigenvalue weighted by molar-refractivity contribution is 6.32. The molecule has 0 heterocycles. The van der Waals surface area contributed by atoms with Gasteiger partial charge < -0.3 is 10.5 Å². The Morgan fingerprint density at radius 3 is 2.25 bits per heavy atom. The van der Waals surface area contributed by atoms with Crippen molar-refractivity contribution < 1.29 is 4.74 Å². The van der Waals surface area contributed by atoms with Crippen molar-refractivity contribution in [1.82, 2.24) is 0 Å². The van der Waals surface area contributed by atoms with E-state index in [-0.39, 0.29) is 5.54 Å². The fourth-order valence-electron chi connectivity index (χ4n) is 1.63. The van der Waals surface area contributed by atoms with E-state index in [1.54, 1.807) is 7.11 Å². The Bertz CT molecular complexity index is 380. The average Bonchev–Trinajstić information content (AvgIpc) is 2.14. The van der Waals surface area contributed by atoms with Gasteiger partial charge in [0.1, 0.15) is 5.75 Å². The van der Waals surface area contributed by atoms with Crippen LogP contribution in [0.2, 0.25) is 5.02 Å². The van der Waals surface area contributed by atoms with Crippen LogP contribution in [-0.2, 0) is 5.54 Å². The van der Waals surface area contributed by atoms with Crippen molar-refractivity contribution in [2.75, 3.05) is 7.11 Å². The molecule has 0 atom stereocenters.